The van der Waals surface area contributed by atoms with Gasteiger partial charge in [-0.3, -0.25) is 0 Å². The van der Waals surface area contributed by atoms with Crippen LogP contribution in [0.25, 0.3) is 0 Å². The quantitative estimate of drug-likeness (QED) is 0.554. The summed E-state index contributed by atoms with van der Waals surface area (Å²) in [5.74, 6) is -0.665. The first-order valence-electron chi connectivity index (χ1n) is 3.33. The summed E-state index contributed by atoms with van der Waals surface area (Å²) in [7, 11) is 0. The lowest BCUT2D eigenvalue weighted by atomic mass is 10.2. The molecule has 0 rings (SSSR count). The topological polar surface area (TPSA) is 95.2 Å². The van der Waals surface area contributed by atoms with Crippen LogP contribution in [0.15, 0.2) is 0 Å². The second-order valence-corrected chi connectivity index (χ2v) is 3.15. The number of aliphatic carboxylic acids is 1. The summed E-state index contributed by atoms with van der Waals surface area (Å²) in [6, 6.07) is -1.82. The Morgan fingerprint density at radius 3 is 2.58 bits per heavy atom. The van der Waals surface area contributed by atoms with Crippen LogP contribution >= 0.6 is 11.8 Å². The number of carboxylic acid groups (broad SMARTS) is 1. The molecule has 12 heavy (non-hydrogen) atoms. The van der Waals surface area contributed by atoms with Gasteiger partial charge in [0, 0.05) is 0 Å². The number of rotatable bonds is 5. The van der Waals surface area contributed by atoms with Crippen molar-refractivity contribution in [1.29, 1.82) is 0 Å². The lowest BCUT2D eigenvalue weighted by molar-refractivity contribution is -0.308. The van der Waals surface area contributed by atoms with E-state index in [-0.39, 0.29) is 0 Å². The Kier molecular flexibility index (Phi) is 5.27. The summed E-state index contributed by atoms with van der Waals surface area (Å²) in [5, 5.41) is 12.4. The number of primary amides is 1. The summed E-state index contributed by atoms with van der Waals surface area (Å²) in [4.78, 5) is 20.6. The fraction of sp³-hybridized carbons (Fsp3) is 0.667. The third kappa shape index (κ3) is 4.84. The van der Waals surface area contributed by atoms with Gasteiger partial charge in [-0.25, -0.2) is 4.79 Å². The molecule has 0 bridgehead atoms. The van der Waals surface area contributed by atoms with Gasteiger partial charge in [0.05, 0.1) is 12.0 Å². The monoisotopic (exact) mass is 191 g/mol. The van der Waals surface area contributed by atoms with Gasteiger partial charge in [0.25, 0.3) is 0 Å². The molecular formula is C6H11N2O3S-. The predicted molar refractivity (Wildman–Crippen MR) is 44.5 cm³/mol. The van der Waals surface area contributed by atoms with E-state index in [0.717, 1.165) is 0 Å². The molecule has 1 atom stereocenters. The molecular weight excluding hydrogens is 180 g/mol. The Morgan fingerprint density at radius 2 is 2.25 bits per heavy atom. The van der Waals surface area contributed by atoms with E-state index >= 15 is 0 Å². The van der Waals surface area contributed by atoms with Crippen LogP contribution in [0.3, 0.4) is 0 Å². The van der Waals surface area contributed by atoms with Gasteiger partial charge in [-0.05, 0) is 18.4 Å². The largest absolute Gasteiger partial charge is 0.548 e. The highest BCUT2D eigenvalue weighted by Gasteiger charge is 2.09. The first-order valence-corrected chi connectivity index (χ1v) is 4.73. The number of thioether (sulfide) groups is 1. The molecule has 0 aliphatic carbocycles. The highest BCUT2D eigenvalue weighted by atomic mass is 32.2. The van der Waals surface area contributed by atoms with Crippen LogP contribution in [0.2, 0.25) is 0 Å². The summed E-state index contributed by atoms with van der Waals surface area (Å²) in [5.41, 5.74) is 4.75. The zero-order chi connectivity index (χ0) is 9.56. The molecule has 2 amide bonds. The van der Waals surface area contributed by atoms with Gasteiger partial charge in [-0.1, -0.05) is 0 Å². The number of amides is 2. The maximum atomic E-state index is 10.4. The van der Waals surface area contributed by atoms with Crippen molar-refractivity contribution in [1.82, 2.24) is 5.32 Å². The minimum atomic E-state index is -1.30. The molecule has 3 N–H and O–H groups in total. The molecule has 0 aromatic rings. The maximum Gasteiger partial charge on any atom is 0.312 e. The Labute approximate surface area is 74.7 Å². The summed E-state index contributed by atoms with van der Waals surface area (Å²) in [6.45, 7) is 0. The summed E-state index contributed by atoms with van der Waals surface area (Å²) in [6.07, 6.45) is 2.17. The van der Waals surface area contributed by atoms with Crippen LogP contribution < -0.4 is 16.2 Å². The first-order chi connectivity index (χ1) is 5.57. The van der Waals surface area contributed by atoms with E-state index in [0.29, 0.717) is 12.2 Å². The van der Waals surface area contributed by atoms with Crippen molar-refractivity contribution < 1.29 is 14.7 Å². The number of urea groups is 1. The highest BCUT2D eigenvalue weighted by molar-refractivity contribution is 7.98. The van der Waals surface area contributed by atoms with Crippen molar-refractivity contribution in [3.8, 4) is 0 Å². The molecule has 0 saturated heterocycles. The van der Waals surface area contributed by atoms with E-state index in [9.17, 15) is 14.7 Å². The van der Waals surface area contributed by atoms with Gasteiger partial charge in [-0.2, -0.15) is 11.8 Å². The van der Waals surface area contributed by atoms with E-state index in [1.54, 1.807) is 0 Å². The number of hydrogen-bond acceptors (Lipinski definition) is 4. The average Bonchev–Trinajstić information content (AvgIpc) is 1.96. The lowest BCUT2D eigenvalue weighted by Gasteiger charge is -2.17. The minimum absolute atomic E-state index is 0.326. The number of carbonyl (C=O) groups is 2. The minimum Gasteiger partial charge on any atom is -0.548 e. The van der Waals surface area contributed by atoms with E-state index in [1.807, 2.05) is 6.26 Å². The lowest BCUT2D eigenvalue weighted by Crippen LogP contribution is -2.49. The summed E-state index contributed by atoms with van der Waals surface area (Å²) < 4.78 is 0. The van der Waals surface area contributed by atoms with E-state index < -0.39 is 18.0 Å². The molecule has 0 unspecified atom stereocenters. The number of carbonyl (C=O) groups excluding carboxylic acids is 2. The Balaban J connectivity index is 3.87. The van der Waals surface area contributed by atoms with Crippen LogP contribution in [0.5, 0.6) is 0 Å². The Bertz CT molecular complexity index is 174. The van der Waals surface area contributed by atoms with Crippen molar-refractivity contribution >= 4 is 23.8 Å². The fourth-order valence-electron chi connectivity index (χ4n) is 0.656. The van der Waals surface area contributed by atoms with Gasteiger partial charge in [0.15, 0.2) is 0 Å². The molecule has 0 aromatic carbocycles. The molecule has 5 nitrogen and oxygen atoms in total. The number of carboxylic acids is 1. The third-order valence-corrected chi connectivity index (χ3v) is 1.86. The van der Waals surface area contributed by atoms with Gasteiger partial charge >= 0.3 is 6.03 Å². The zero-order valence-electron chi connectivity index (χ0n) is 6.70. The smallest absolute Gasteiger partial charge is 0.312 e. The molecule has 0 aromatic heterocycles. The maximum absolute atomic E-state index is 10.4. The van der Waals surface area contributed by atoms with Gasteiger partial charge in [0.2, 0.25) is 0 Å². The van der Waals surface area contributed by atoms with E-state index in [1.165, 1.54) is 11.8 Å². The van der Waals surface area contributed by atoms with Crippen LogP contribution in [-0.2, 0) is 4.79 Å². The first kappa shape index (κ1) is 11.1. The predicted octanol–water partition coefficient (Wildman–Crippen LogP) is -1.47. The van der Waals surface area contributed by atoms with Crippen LogP contribution in [0, 0.1) is 0 Å². The SMILES string of the molecule is CSCC[C@H](NC(N)=O)C(=O)[O-]. The average molecular weight is 191 g/mol. The Hall–Kier alpha value is -0.910. The van der Waals surface area contributed by atoms with Crippen LogP contribution in [0.1, 0.15) is 6.42 Å². The van der Waals surface area contributed by atoms with Gasteiger partial charge in [0.1, 0.15) is 0 Å². The van der Waals surface area contributed by atoms with Crippen LogP contribution in [-0.4, -0.2) is 30.1 Å². The van der Waals surface area contributed by atoms with Crippen molar-refractivity contribution in [2.75, 3.05) is 12.0 Å². The molecule has 0 radical (unpaired) electrons. The standard InChI is InChI=1S/C6H12N2O3S/c1-12-3-2-4(5(9)10)8-6(7)11/h4H,2-3H2,1H3,(H,9,10)(H3,7,8,11)/p-1/t4-/m0/s1. The number of hydrogen-bond donors (Lipinski definition) is 2. The number of nitrogens with one attached hydrogen (secondary N) is 1. The molecule has 0 aliphatic heterocycles. The molecule has 0 saturated carbocycles. The van der Waals surface area contributed by atoms with Crippen molar-refractivity contribution in [3.05, 3.63) is 0 Å². The zero-order valence-corrected chi connectivity index (χ0v) is 7.52. The molecule has 6 heteroatoms. The second kappa shape index (κ2) is 5.70. The molecule has 70 valence electrons. The highest BCUT2D eigenvalue weighted by Crippen LogP contribution is 1.99. The van der Waals surface area contributed by atoms with Crippen molar-refractivity contribution in [2.45, 2.75) is 12.5 Å². The van der Waals surface area contributed by atoms with Crippen LogP contribution in [0.4, 0.5) is 4.79 Å². The normalized spacial score (nSPS) is 12.1. The number of nitrogens with two attached hydrogens (primary N) is 1. The molecule has 0 fully saturated rings. The van der Waals surface area contributed by atoms with E-state index in [4.69, 9.17) is 5.73 Å². The van der Waals surface area contributed by atoms with Gasteiger partial charge in [-0.15, -0.1) is 0 Å². The third-order valence-electron chi connectivity index (χ3n) is 1.21. The Morgan fingerprint density at radius 1 is 1.67 bits per heavy atom. The molecule has 0 spiro atoms. The van der Waals surface area contributed by atoms with E-state index in [2.05, 4.69) is 5.32 Å². The molecule has 0 heterocycles. The van der Waals surface area contributed by atoms with Gasteiger partial charge < -0.3 is 21.0 Å². The van der Waals surface area contributed by atoms with Crippen molar-refractivity contribution in [3.63, 3.8) is 0 Å². The second-order valence-electron chi connectivity index (χ2n) is 2.16. The van der Waals surface area contributed by atoms with Crippen molar-refractivity contribution in [2.24, 2.45) is 5.73 Å². The fourth-order valence-corrected chi connectivity index (χ4v) is 1.13. The summed E-state index contributed by atoms with van der Waals surface area (Å²) >= 11 is 1.49. The molecule has 0 aliphatic rings.